The van der Waals surface area contributed by atoms with Gasteiger partial charge in [-0.1, -0.05) is 12.1 Å². The minimum atomic E-state index is -0.608. The van der Waals surface area contributed by atoms with Crippen molar-refractivity contribution in [2.75, 3.05) is 0 Å². The Morgan fingerprint density at radius 3 is 2.64 bits per heavy atom. The van der Waals surface area contributed by atoms with Crippen LogP contribution in [0.4, 0.5) is 4.39 Å². The molecule has 0 saturated carbocycles. The number of rotatable bonds is 2. The number of benzene rings is 1. The predicted octanol–water partition coefficient (Wildman–Crippen LogP) is 1.66. The van der Waals surface area contributed by atoms with E-state index >= 15 is 0 Å². The van der Waals surface area contributed by atoms with Crippen LogP contribution in [-0.2, 0) is 0 Å². The summed E-state index contributed by atoms with van der Waals surface area (Å²) in [6.07, 6.45) is 0.596. The van der Waals surface area contributed by atoms with Crippen LogP contribution in [0, 0.1) is 11.2 Å². The van der Waals surface area contributed by atoms with Gasteiger partial charge < -0.3 is 5.41 Å². The summed E-state index contributed by atoms with van der Waals surface area (Å²) in [4.78, 5) is 10.8. The van der Waals surface area contributed by atoms with Crippen molar-refractivity contribution in [2.45, 2.75) is 0 Å². The van der Waals surface area contributed by atoms with Gasteiger partial charge in [0.25, 0.3) is 0 Å². The lowest BCUT2D eigenvalue weighted by molar-refractivity contribution is 0.106. The molecule has 3 heteroatoms. The fourth-order valence-corrected chi connectivity index (χ4v) is 0.739. The molecule has 2 nitrogen and oxygen atoms in total. The molecule has 0 atom stereocenters. The molecule has 1 aromatic rings. The molecule has 0 aliphatic rings. The van der Waals surface area contributed by atoms with Crippen molar-refractivity contribution in [3.05, 3.63) is 35.6 Å². The van der Waals surface area contributed by atoms with Crippen molar-refractivity contribution in [2.24, 2.45) is 0 Å². The molecule has 0 heterocycles. The molecule has 0 bridgehead atoms. The minimum Gasteiger partial charge on any atom is -0.305 e. The van der Waals surface area contributed by atoms with Gasteiger partial charge >= 0.3 is 0 Å². The summed E-state index contributed by atoms with van der Waals surface area (Å²) in [6.45, 7) is 0. The predicted molar refractivity (Wildman–Crippen MR) is 39.5 cm³/mol. The third-order valence-electron chi connectivity index (χ3n) is 1.27. The SMILES string of the molecule is N=CC(=O)c1ccccc1F. The number of carbonyl (C=O) groups excluding carboxylic acids is 1. The zero-order valence-corrected chi connectivity index (χ0v) is 5.67. The Kier molecular flexibility index (Phi) is 2.11. The summed E-state index contributed by atoms with van der Waals surface area (Å²) in [6, 6.07) is 5.59. The summed E-state index contributed by atoms with van der Waals surface area (Å²) >= 11 is 0. The van der Waals surface area contributed by atoms with E-state index in [9.17, 15) is 9.18 Å². The van der Waals surface area contributed by atoms with Crippen LogP contribution in [0.25, 0.3) is 0 Å². The monoisotopic (exact) mass is 151 g/mol. The molecule has 0 amide bonds. The number of nitrogens with one attached hydrogen (secondary N) is 1. The van der Waals surface area contributed by atoms with Gasteiger partial charge in [0.15, 0.2) is 0 Å². The third kappa shape index (κ3) is 1.49. The minimum absolute atomic E-state index is 0.0532. The highest BCUT2D eigenvalue weighted by molar-refractivity contribution is 6.34. The van der Waals surface area contributed by atoms with Crippen LogP contribution in [0.5, 0.6) is 0 Å². The highest BCUT2D eigenvalue weighted by atomic mass is 19.1. The highest BCUT2D eigenvalue weighted by Crippen LogP contribution is 2.05. The van der Waals surface area contributed by atoms with Crippen molar-refractivity contribution in [3.8, 4) is 0 Å². The molecule has 0 fully saturated rings. The fourth-order valence-electron chi connectivity index (χ4n) is 0.739. The van der Waals surface area contributed by atoms with Crippen LogP contribution >= 0.6 is 0 Å². The Bertz CT molecular complexity index is 296. The van der Waals surface area contributed by atoms with Crippen molar-refractivity contribution >= 4 is 12.0 Å². The molecule has 0 aliphatic heterocycles. The van der Waals surface area contributed by atoms with Gasteiger partial charge in [0, 0.05) is 0 Å². The average molecular weight is 151 g/mol. The Morgan fingerprint density at radius 2 is 2.09 bits per heavy atom. The molecule has 0 aromatic heterocycles. The van der Waals surface area contributed by atoms with E-state index < -0.39 is 11.6 Å². The molecule has 0 unspecified atom stereocenters. The largest absolute Gasteiger partial charge is 0.305 e. The summed E-state index contributed by atoms with van der Waals surface area (Å²) in [7, 11) is 0. The number of Topliss-reactive ketones (excluding diaryl/α,β-unsaturated/α-hetero) is 1. The summed E-state index contributed by atoms with van der Waals surface area (Å²) in [5.41, 5.74) is -0.0532. The van der Waals surface area contributed by atoms with E-state index in [1.165, 1.54) is 18.2 Å². The number of carbonyl (C=O) groups is 1. The Morgan fingerprint density at radius 1 is 1.45 bits per heavy atom. The maximum absolute atomic E-state index is 12.7. The van der Waals surface area contributed by atoms with Gasteiger partial charge in [-0.2, -0.15) is 0 Å². The van der Waals surface area contributed by atoms with Gasteiger partial charge in [0.1, 0.15) is 5.82 Å². The lowest BCUT2D eigenvalue weighted by Crippen LogP contribution is -2.01. The molecule has 0 aliphatic carbocycles. The van der Waals surface area contributed by atoms with Gasteiger partial charge in [0.05, 0.1) is 11.8 Å². The molecule has 0 spiro atoms. The zero-order chi connectivity index (χ0) is 8.27. The third-order valence-corrected chi connectivity index (χ3v) is 1.27. The van der Waals surface area contributed by atoms with Crippen LogP contribution in [-0.4, -0.2) is 12.0 Å². The second-order valence-corrected chi connectivity index (χ2v) is 1.99. The van der Waals surface area contributed by atoms with Gasteiger partial charge in [-0.25, -0.2) is 4.39 Å². The van der Waals surface area contributed by atoms with Crippen LogP contribution in [0.1, 0.15) is 10.4 Å². The van der Waals surface area contributed by atoms with Crippen LogP contribution in [0.2, 0.25) is 0 Å². The number of hydrogen-bond acceptors (Lipinski definition) is 2. The Labute approximate surface area is 63.2 Å². The van der Waals surface area contributed by atoms with Gasteiger partial charge in [-0.3, -0.25) is 4.79 Å². The van der Waals surface area contributed by atoms with Crippen LogP contribution < -0.4 is 0 Å². The van der Waals surface area contributed by atoms with E-state index in [1.54, 1.807) is 6.07 Å². The van der Waals surface area contributed by atoms with E-state index in [2.05, 4.69) is 0 Å². The molecular formula is C8H6FNO. The van der Waals surface area contributed by atoms with Crippen molar-refractivity contribution in [3.63, 3.8) is 0 Å². The number of ketones is 1. The first-order valence-corrected chi connectivity index (χ1v) is 3.05. The van der Waals surface area contributed by atoms with E-state index in [0.29, 0.717) is 6.21 Å². The quantitative estimate of drug-likeness (QED) is 0.506. The first kappa shape index (κ1) is 7.60. The Balaban J connectivity index is 3.13. The lowest BCUT2D eigenvalue weighted by Gasteiger charge is -1.94. The zero-order valence-electron chi connectivity index (χ0n) is 5.67. The van der Waals surface area contributed by atoms with Crippen molar-refractivity contribution in [1.29, 1.82) is 5.41 Å². The molecule has 0 radical (unpaired) electrons. The molecule has 1 aromatic carbocycles. The summed E-state index contributed by atoms with van der Waals surface area (Å²) < 4.78 is 12.7. The van der Waals surface area contributed by atoms with Crippen molar-refractivity contribution < 1.29 is 9.18 Å². The summed E-state index contributed by atoms with van der Waals surface area (Å²) in [5.74, 6) is -1.19. The van der Waals surface area contributed by atoms with Gasteiger partial charge in [0.2, 0.25) is 5.78 Å². The van der Waals surface area contributed by atoms with Gasteiger partial charge in [-0.05, 0) is 12.1 Å². The molecule has 56 valence electrons. The number of hydrogen-bond donors (Lipinski definition) is 1. The van der Waals surface area contributed by atoms with E-state index in [1.807, 2.05) is 0 Å². The van der Waals surface area contributed by atoms with Crippen LogP contribution in [0.15, 0.2) is 24.3 Å². The van der Waals surface area contributed by atoms with Crippen LogP contribution in [0.3, 0.4) is 0 Å². The standard InChI is InChI=1S/C8H6FNO/c9-7-4-2-1-3-6(7)8(11)5-10/h1-5,10H. The number of halogens is 1. The van der Waals surface area contributed by atoms with E-state index in [4.69, 9.17) is 5.41 Å². The Hall–Kier alpha value is -1.51. The highest BCUT2D eigenvalue weighted by Gasteiger charge is 2.06. The summed E-state index contributed by atoms with van der Waals surface area (Å²) in [5, 5.41) is 6.60. The maximum Gasteiger partial charge on any atom is 0.206 e. The topological polar surface area (TPSA) is 40.9 Å². The first-order chi connectivity index (χ1) is 5.25. The smallest absolute Gasteiger partial charge is 0.206 e. The second kappa shape index (κ2) is 3.05. The van der Waals surface area contributed by atoms with E-state index in [0.717, 1.165) is 0 Å². The first-order valence-electron chi connectivity index (χ1n) is 3.05. The van der Waals surface area contributed by atoms with E-state index in [-0.39, 0.29) is 5.56 Å². The molecule has 0 saturated heterocycles. The van der Waals surface area contributed by atoms with Gasteiger partial charge in [-0.15, -0.1) is 0 Å². The molecule has 1 rings (SSSR count). The maximum atomic E-state index is 12.7. The molecule has 11 heavy (non-hydrogen) atoms. The lowest BCUT2D eigenvalue weighted by atomic mass is 10.1. The average Bonchev–Trinajstić information content (AvgIpc) is 2.04. The van der Waals surface area contributed by atoms with Crippen molar-refractivity contribution in [1.82, 2.24) is 0 Å². The molecular weight excluding hydrogens is 145 g/mol. The second-order valence-electron chi connectivity index (χ2n) is 1.99. The molecule has 1 N–H and O–H groups in total. The fraction of sp³-hybridized carbons (Fsp3) is 0. The normalized spacial score (nSPS) is 9.18.